The molecule has 3 heterocycles. The zero-order valence-electron chi connectivity index (χ0n) is 21.3. The number of nitrogens with zero attached hydrogens (tertiary/aromatic N) is 3. The number of aromatic nitrogens is 2. The third-order valence-electron chi connectivity index (χ3n) is 6.86. The highest BCUT2D eigenvalue weighted by atomic mass is 35.5. The standard InChI is InChI=1S/C25H35ClN4O6/c1-16(2)30-10-9-29(25(30)32)8-7-28-6-5-17(20(15-28)33-3)14-27-24(31)18-13-19(26)22(34-4)23-21(18)35-11-12-36-23/h9-10,13,16-17,20H,5-8,11-12,14-15H2,1-4H3,(H,27,31). The van der Waals surface area contributed by atoms with Gasteiger partial charge in [-0.1, -0.05) is 11.6 Å². The Morgan fingerprint density at radius 2 is 1.94 bits per heavy atom. The van der Waals surface area contributed by atoms with Crippen LogP contribution in [0.1, 0.15) is 36.7 Å². The van der Waals surface area contributed by atoms with Gasteiger partial charge in [-0.25, -0.2) is 4.79 Å². The van der Waals surface area contributed by atoms with Gasteiger partial charge in [-0.3, -0.25) is 18.8 Å². The second-order valence-electron chi connectivity index (χ2n) is 9.40. The Kier molecular flexibility index (Phi) is 8.48. The minimum atomic E-state index is -0.285. The number of halogens is 1. The molecule has 0 radical (unpaired) electrons. The number of piperidine rings is 1. The number of carbonyl (C=O) groups excluding carboxylic acids is 1. The third kappa shape index (κ3) is 5.50. The largest absolute Gasteiger partial charge is 0.491 e. The van der Waals surface area contributed by atoms with Gasteiger partial charge in [0.05, 0.1) is 23.8 Å². The number of hydrogen-bond acceptors (Lipinski definition) is 7. The summed E-state index contributed by atoms with van der Waals surface area (Å²) in [5.41, 5.74) is 0.335. The minimum Gasteiger partial charge on any atom is -0.491 e. The molecule has 1 saturated heterocycles. The van der Waals surface area contributed by atoms with Crippen LogP contribution >= 0.6 is 11.6 Å². The summed E-state index contributed by atoms with van der Waals surface area (Å²) in [6.07, 6.45) is 4.51. The van der Waals surface area contributed by atoms with E-state index in [1.807, 2.05) is 26.2 Å². The van der Waals surface area contributed by atoms with E-state index < -0.39 is 0 Å². The molecule has 1 amide bonds. The molecule has 1 aromatic carbocycles. The summed E-state index contributed by atoms with van der Waals surface area (Å²) >= 11 is 6.33. The number of benzene rings is 1. The highest BCUT2D eigenvalue weighted by Crippen LogP contribution is 2.46. The molecule has 198 valence electrons. The predicted molar refractivity (Wildman–Crippen MR) is 136 cm³/mol. The topological polar surface area (TPSA) is 96.2 Å². The van der Waals surface area contributed by atoms with Crippen LogP contribution in [0.3, 0.4) is 0 Å². The van der Waals surface area contributed by atoms with Gasteiger partial charge in [-0.2, -0.15) is 0 Å². The molecule has 2 unspecified atom stereocenters. The van der Waals surface area contributed by atoms with Gasteiger partial charge in [0.2, 0.25) is 5.75 Å². The van der Waals surface area contributed by atoms with Gasteiger partial charge in [0.15, 0.2) is 11.5 Å². The molecule has 1 fully saturated rings. The summed E-state index contributed by atoms with van der Waals surface area (Å²) in [7, 11) is 3.19. The maximum atomic E-state index is 13.1. The van der Waals surface area contributed by atoms with E-state index in [-0.39, 0.29) is 34.7 Å². The molecule has 0 bridgehead atoms. The predicted octanol–water partition coefficient (Wildman–Crippen LogP) is 2.43. The van der Waals surface area contributed by atoms with E-state index in [4.69, 9.17) is 30.5 Å². The fourth-order valence-electron chi connectivity index (χ4n) is 4.80. The average Bonchev–Trinajstić information content (AvgIpc) is 3.26. The molecule has 36 heavy (non-hydrogen) atoms. The first-order chi connectivity index (χ1) is 17.3. The van der Waals surface area contributed by atoms with E-state index in [9.17, 15) is 9.59 Å². The second kappa shape index (κ2) is 11.6. The van der Waals surface area contributed by atoms with Crippen LogP contribution in [-0.2, 0) is 11.3 Å². The van der Waals surface area contributed by atoms with Gasteiger partial charge in [0.1, 0.15) is 13.2 Å². The SMILES string of the molecule is COc1c(Cl)cc(C(=O)NCC2CCN(CCn3ccn(C(C)C)c3=O)CC2OC)c2c1OCCO2. The first-order valence-electron chi connectivity index (χ1n) is 12.3. The molecule has 1 aromatic heterocycles. The molecule has 11 heteroatoms. The Balaban J connectivity index is 1.34. The van der Waals surface area contributed by atoms with Crippen molar-refractivity contribution in [2.24, 2.45) is 5.92 Å². The number of methoxy groups -OCH3 is 2. The van der Waals surface area contributed by atoms with Crippen molar-refractivity contribution in [3.05, 3.63) is 39.5 Å². The van der Waals surface area contributed by atoms with Gasteiger partial charge in [-0.15, -0.1) is 0 Å². The number of amides is 1. The maximum Gasteiger partial charge on any atom is 0.328 e. The lowest BCUT2D eigenvalue weighted by molar-refractivity contribution is -0.0112. The smallest absolute Gasteiger partial charge is 0.328 e. The zero-order valence-corrected chi connectivity index (χ0v) is 22.0. The number of imidazole rings is 1. The van der Waals surface area contributed by atoms with Crippen LogP contribution in [0.25, 0.3) is 0 Å². The highest BCUT2D eigenvalue weighted by molar-refractivity contribution is 6.33. The molecule has 2 atom stereocenters. The molecule has 4 rings (SSSR count). The summed E-state index contributed by atoms with van der Waals surface area (Å²) in [5, 5.41) is 3.31. The van der Waals surface area contributed by atoms with Gasteiger partial charge in [-0.05, 0) is 32.9 Å². The fourth-order valence-corrected chi connectivity index (χ4v) is 5.08. The summed E-state index contributed by atoms with van der Waals surface area (Å²) in [6, 6.07) is 1.69. The molecular formula is C25H35ClN4O6. The fraction of sp³-hybridized carbons (Fsp3) is 0.600. The molecule has 2 aliphatic heterocycles. The third-order valence-corrected chi connectivity index (χ3v) is 7.15. The summed E-state index contributed by atoms with van der Waals surface area (Å²) in [6.45, 7) is 8.14. The number of hydrogen-bond donors (Lipinski definition) is 1. The van der Waals surface area contributed by atoms with Crippen molar-refractivity contribution in [3.8, 4) is 17.2 Å². The number of rotatable bonds is 9. The van der Waals surface area contributed by atoms with Crippen LogP contribution in [0.15, 0.2) is 23.3 Å². The summed E-state index contributed by atoms with van der Waals surface area (Å²) in [5.74, 6) is 0.930. The second-order valence-corrected chi connectivity index (χ2v) is 9.81. The van der Waals surface area contributed by atoms with Crippen molar-refractivity contribution >= 4 is 17.5 Å². The Hall–Kier alpha value is -2.69. The monoisotopic (exact) mass is 522 g/mol. The number of likely N-dealkylation sites (tertiary alicyclic amines) is 1. The Morgan fingerprint density at radius 1 is 1.19 bits per heavy atom. The first-order valence-corrected chi connectivity index (χ1v) is 12.7. The van der Waals surface area contributed by atoms with Crippen molar-refractivity contribution < 1.29 is 23.7 Å². The Bertz CT molecular complexity index is 1130. The molecule has 0 spiro atoms. The van der Waals surface area contributed by atoms with Crippen LogP contribution in [0.5, 0.6) is 17.2 Å². The molecule has 0 aliphatic carbocycles. The van der Waals surface area contributed by atoms with E-state index >= 15 is 0 Å². The summed E-state index contributed by atoms with van der Waals surface area (Å²) in [4.78, 5) is 27.9. The van der Waals surface area contributed by atoms with Gasteiger partial charge >= 0.3 is 5.69 Å². The number of carbonyl (C=O) groups is 1. The number of fused-ring (bicyclic) bond motifs is 1. The Labute approximate surface area is 216 Å². The lowest BCUT2D eigenvalue weighted by atomic mass is 9.93. The normalized spacial score (nSPS) is 19.9. The van der Waals surface area contributed by atoms with Crippen LogP contribution in [-0.4, -0.2) is 79.7 Å². The summed E-state index contributed by atoms with van der Waals surface area (Å²) < 4.78 is 26.0. The van der Waals surface area contributed by atoms with Crippen molar-refractivity contribution in [1.82, 2.24) is 19.4 Å². The van der Waals surface area contributed by atoms with E-state index in [2.05, 4.69) is 10.2 Å². The molecule has 2 aromatic rings. The van der Waals surface area contributed by atoms with Gasteiger partial charge in [0.25, 0.3) is 5.91 Å². The van der Waals surface area contributed by atoms with Crippen molar-refractivity contribution in [3.63, 3.8) is 0 Å². The van der Waals surface area contributed by atoms with Crippen LogP contribution < -0.4 is 25.2 Å². The zero-order chi connectivity index (χ0) is 25.8. The average molecular weight is 523 g/mol. The highest BCUT2D eigenvalue weighted by Gasteiger charge is 2.31. The van der Waals surface area contributed by atoms with E-state index in [1.165, 1.54) is 7.11 Å². The molecule has 10 nitrogen and oxygen atoms in total. The number of nitrogens with one attached hydrogen (secondary N) is 1. The molecule has 2 aliphatic rings. The van der Waals surface area contributed by atoms with Crippen molar-refractivity contribution in [1.29, 1.82) is 0 Å². The quantitative estimate of drug-likeness (QED) is 0.540. The lowest BCUT2D eigenvalue weighted by Crippen LogP contribution is -2.49. The van der Waals surface area contributed by atoms with Crippen LogP contribution in [0, 0.1) is 5.92 Å². The number of ether oxygens (including phenoxy) is 4. The van der Waals surface area contributed by atoms with Gasteiger partial charge in [0, 0.05) is 57.6 Å². The van der Waals surface area contributed by atoms with Crippen molar-refractivity contribution in [2.45, 2.75) is 39.0 Å². The van der Waals surface area contributed by atoms with E-state index in [0.29, 0.717) is 49.1 Å². The minimum absolute atomic E-state index is 0.0149. The van der Waals surface area contributed by atoms with Gasteiger partial charge < -0.3 is 24.3 Å². The lowest BCUT2D eigenvalue weighted by Gasteiger charge is -2.38. The van der Waals surface area contributed by atoms with E-state index in [1.54, 1.807) is 22.3 Å². The maximum absolute atomic E-state index is 13.1. The van der Waals surface area contributed by atoms with Crippen LogP contribution in [0.2, 0.25) is 5.02 Å². The first kappa shape index (κ1) is 26.4. The molecule has 1 N–H and O–H groups in total. The van der Waals surface area contributed by atoms with Crippen LogP contribution in [0.4, 0.5) is 0 Å². The van der Waals surface area contributed by atoms with E-state index in [0.717, 1.165) is 26.1 Å². The molecular weight excluding hydrogens is 488 g/mol. The Morgan fingerprint density at radius 3 is 2.61 bits per heavy atom. The molecule has 0 saturated carbocycles. The van der Waals surface area contributed by atoms with Crippen molar-refractivity contribution in [2.75, 3.05) is 53.6 Å².